The third-order valence-corrected chi connectivity index (χ3v) is 3.25. The Kier molecular flexibility index (Phi) is 4.17. The van der Waals surface area contributed by atoms with Gasteiger partial charge in [-0.05, 0) is 36.8 Å². The van der Waals surface area contributed by atoms with Crippen molar-refractivity contribution in [2.24, 2.45) is 0 Å². The van der Waals surface area contributed by atoms with Crippen molar-refractivity contribution in [3.05, 3.63) is 58.1 Å². The van der Waals surface area contributed by atoms with Crippen molar-refractivity contribution in [2.75, 3.05) is 0 Å². The molecule has 0 heterocycles. The molecule has 1 N–H and O–H groups in total. The van der Waals surface area contributed by atoms with Gasteiger partial charge in [-0.15, -0.1) is 0 Å². The molecule has 0 aliphatic rings. The number of hydrogen-bond acceptors (Lipinski definition) is 2. The van der Waals surface area contributed by atoms with Gasteiger partial charge in [0.15, 0.2) is 11.6 Å². The van der Waals surface area contributed by atoms with Crippen LogP contribution in [0.25, 0.3) is 0 Å². The summed E-state index contributed by atoms with van der Waals surface area (Å²) >= 11 is 3.29. The molecule has 0 saturated heterocycles. The average molecular weight is 329 g/mol. The molecule has 0 saturated carbocycles. The fourth-order valence-corrected chi connectivity index (χ4v) is 2.29. The molecular formula is C14H11BrF2O2. The highest BCUT2D eigenvalue weighted by atomic mass is 79.9. The quantitative estimate of drug-likeness (QED) is 0.894. The van der Waals surface area contributed by atoms with Crippen molar-refractivity contribution in [1.29, 1.82) is 0 Å². The van der Waals surface area contributed by atoms with Gasteiger partial charge in [0, 0.05) is 4.47 Å². The van der Waals surface area contributed by atoms with Gasteiger partial charge < -0.3 is 9.84 Å². The Morgan fingerprint density at radius 1 is 1.21 bits per heavy atom. The number of rotatable bonds is 3. The van der Waals surface area contributed by atoms with Gasteiger partial charge in [-0.1, -0.05) is 28.1 Å². The summed E-state index contributed by atoms with van der Waals surface area (Å²) in [5, 5.41) is 9.49. The lowest BCUT2D eigenvalue weighted by Gasteiger charge is -2.11. The Labute approximate surface area is 117 Å². The highest BCUT2D eigenvalue weighted by molar-refractivity contribution is 9.10. The molecule has 0 amide bonds. The summed E-state index contributed by atoms with van der Waals surface area (Å²) in [6.07, 6.45) is -0.630. The molecule has 2 rings (SSSR count). The van der Waals surface area contributed by atoms with Crippen LogP contribution in [-0.2, 0) is 0 Å². The number of halogens is 3. The van der Waals surface area contributed by atoms with E-state index in [-0.39, 0.29) is 5.75 Å². The molecule has 1 atom stereocenters. The molecule has 2 nitrogen and oxygen atoms in total. The largest absolute Gasteiger partial charge is 0.454 e. The second-order valence-corrected chi connectivity index (χ2v) is 4.87. The van der Waals surface area contributed by atoms with Gasteiger partial charge in [-0.3, -0.25) is 0 Å². The van der Waals surface area contributed by atoms with E-state index in [1.807, 2.05) is 0 Å². The highest BCUT2D eigenvalue weighted by Crippen LogP contribution is 2.31. The minimum atomic E-state index is -1.03. The predicted octanol–water partition coefficient (Wildman–Crippen LogP) is 4.57. The van der Waals surface area contributed by atoms with Crippen molar-refractivity contribution < 1.29 is 18.6 Å². The van der Waals surface area contributed by atoms with E-state index in [0.29, 0.717) is 15.8 Å². The molecule has 0 fully saturated rings. The topological polar surface area (TPSA) is 29.5 Å². The monoisotopic (exact) mass is 328 g/mol. The van der Waals surface area contributed by atoms with E-state index in [1.54, 1.807) is 25.1 Å². The van der Waals surface area contributed by atoms with Gasteiger partial charge in [0.2, 0.25) is 5.82 Å². The van der Waals surface area contributed by atoms with Gasteiger partial charge >= 0.3 is 0 Å². The fraction of sp³-hybridized carbons (Fsp3) is 0.143. The van der Waals surface area contributed by atoms with E-state index >= 15 is 0 Å². The van der Waals surface area contributed by atoms with Crippen molar-refractivity contribution in [2.45, 2.75) is 13.0 Å². The van der Waals surface area contributed by atoms with Crippen molar-refractivity contribution in [1.82, 2.24) is 0 Å². The summed E-state index contributed by atoms with van der Waals surface area (Å²) in [6, 6.07) is 8.56. The van der Waals surface area contributed by atoms with Gasteiger partial charge in [0.05, 0.1) is 6.10 Å². The van der Waals surface area contributed by atoms with Crippen LogP contribution in [0, 0.1) is 11.6 Å². The molecule has 5 heteroatoms. The minimum Gasteiger partial charge on any atom is -0.454 e. The number of benzene rings is 2. The Bertz CT molecular complexity index is 600. The van der Waals surface area contributed by atoms with Crippen LogP contribution in [0.4, 0.5) is 8.78 Å². The van der Waals surface area contributed by atoms with Crippen LogP contribution in [-0.4, -0.2) is 5.11 Å². The van der Waals surface area contributed by atoms with Crippen LogP contribution < -0.4 is 4.74 Å². The van der Waals surface area contributed by atoms with Crippen molar-refractivity contribution in [3.63, 3.8) is 0 Å². The molecule has 0 aromatic heterocycles. The standard InChI is InChI=1S/C14H11BrF2O2/c1-8(18)10-6-5-9(7-11(10)15)19-13-4-2-3-12(16)14(13)17/h2-8,18H,1H3/t8-/m1/s1. The Hall–Kier alpha value is -1.46. The summed E-state index contributed by atoms with van der Waals surface area (Å²) in [4.78, 5) is 0. The van der Waals surface area contributed by atoms with Crippen LogP contribution in [0.1, 0.15) is 18.6 Å². The van der Waals surface area contributed by atoms with Crippen molar-refractivity contribution >= 4 is 15.9 Å². The van der Waals surface area contributed by atoms with Gasteiger partial charge in [0.1, 0.15) is 5.75 Å². The lowest BCUT2D eigenvalue weighted by Crippen LogP contribution is -1.95. The lowest BCUT2D eigenvalue weighted by atomic mass is 10.1. The van der Waals surface area contributed by atoms with E-state index < -0.39 is 17.7 Å². The smallest absolute Gasteiger partial charge is 0.201 e. The predicted molar refractivity (Wildman–Crippen MR) is 71.2 cm³/mol. The van der Waals surface area contributed by atoms with Gasteiger partial charge in [-0.2, -0.15) is 4.39 Å². The van der Waals surface area contributed by atoms with Crippen LogP contribution in [0.2, 0.25) is 0 Å². The Balaban J connectivity index is 2.29. The van der Waals surface area contributed by atoms with E-state index in [1.165, 1.54) is 12.1 Å². The molecule has 0 aliphatic carbocycles. The first-order valence-corrected chi connectivity index (χ1v) is 6.37. The maximum absolute atomic E-state index is 13.4. The maximum atomic E-state index is 13.4. The summed E-state index contributed by atoms with van der Waals surface area (Å²) in [7, 11) is 0. The number of hydrogen-bond donors (Lipinski definition) is 1. The van der Waals surface area contributed by atoms with Crippen molar-refractivity contribution in [3.8, 4) is 11.5 Å². The first-order valence-electron chi connectivity index (χ1n) is 5.58. The number of ether oxygens (including phenoxy) is 1. The Morgan fingerprint density at radius 3 is 2.58 bits per heavy atom. The van der Waals surface area contributed by atoms with E-state index in [4.69, 9.17) is 4.74 Å². The third kappa shape index (κ3) is 3.11. The van der Waals surface area contributed by atoms with Gasteiger partial charge in [-0.25, -0.2) is 4.39 Å². The molecular weight excluding hydrogens is 318 g/mol. The van der Waals surface area contributed by atoms with Crippen LogP contribution >= 0.6 is 15.9 Å². The second kappa shape index (κ2) is 5.67. The SMILES string of the molecule is C[C@@H](O)c1ccc(Oc2cccc(F)c2F)cc1Br. The molecule has 19 heavy (non-hydrogen) atoms. The number of aliphatic hydroxyl groups excluding tert-OH is 1. The summed E-state index contributed by atoms with van der Waals surface area (Å²) in [5.41, 5.74) is 0.687. The first-order chi connectivity index (χ1) is 8.99. The fourth-order valence-electron chi connectivity index (χ4n) is 1.60. The summed E-state index contributed by atoms with van der Waals surface area (Å²) < 4.78 is 32.4. The summed E-state index contributed by atoms with van der Waals surface area (Å²) in [5.74, 6) is -1.83. The normalized spacial score (nSPS) is 12.3. The lowest BCUT2D eigenvalue weighted by molar-refractivity contribution is 0.198. The van der Waals surface area contributed by atoms with E-state index in [9.17, 15) is 13.9 Å². The highest BCUT2D eigenvalue weighted by Gasteiger charge is 2.11. The molecule has 0 unspecified atom stereocenters. The van der Waals surface area contributed by atoms with Crippen LogP contribution in [0.15, 0.2) is 40.9 Å². The zero-order valence-corrected chi connectivity index (χ0v) is 11.6. The molecule has 2 aromatic rings. The number of aliphatic hydroxyl groups is 1. The average Bonchev–Trinajstić information content (AvgIpc) is 2.34. The van der Waals surface area contributed by atoms with Crippen LogP contribution in [0.5, 0.6) is 11.5 Å². The first kappa shape index (κ1) is 14.0. The molecule has 0 radical (unpaired) electrons. The van der Waals surface area contributed by atoms with E-state index in [0.717, 1.165) is 6.07 Å². The molecule has 100 valence electrons. The minimum absolute atomic E-state index is 0.184. The molecule has 0 bridgehead atoms. The zero-order valence-electron chi connectivity index (χ0n) is 10.0. The molecule has 0 aliphatic heterocycles. The summed E-state index contributed by atoms with van der Waals surface area (Å²) in [6.45, 7) is 1.63. The molecule has 0 spiro atoms. The maximum Gasteiger partial charge on any atom is 0.201 e. The molecule has 2 aromatic carbocycles. The van der Waals surface area contributed by atoms with Crippen LogP contribution in [0.3, 0.4) is 0 Å². The Morgan fingerprint density at radius 2 is 1.95 bits per heavy atom. The second-order valence-electron chi connectivity index (χ2n) is 4.01. The van der Waals surface area contributed by atoms with E-state index in [2.05, 4.69) is 15.9 Å². The third-order valence-electron chi connectivity index (χ3n) is 2.57. The van der Waals surface area contributed by atoms with Gasteiger partial charge in [0.25, 0.3) is 0 Å². The zero-order chi connectivity index (χ0) is 14.0.